The van der Waals surface area contributed by atoms with Gasteiger partial charge in [-0.15, -0.1) is 12.3 Å². The fourth-order valence-electron chi connectivity index (χ4n) is 1.94. The van der Waals surface area contributed by atoms with Gasteiger partial charge >= 0.3 is 0 Å². The molecule has 0 amide bonds. The molecule has 0 aliphatic carbocycles. The zero-order valence-electron chi connectivity index (χ0n) is 11.6. The number of benzene rings is 1. The molecule has 4 heteroatoms. The first kappa shape index (κ1) is 15.2. The fourth-order valence-corrected chi connectivity index (χ4v) is 1.94. The number of hydrogen-bond donors (Lipinski definition) is 1. The van der Waals surface area contributed by atoms with Gasteiger partial charge < -0.3 is 19.3 Å². The van der Waals surface area contributed by atoms with E-state index >= 15 is 0 Å². The summed E-state index contributed by atoms with van der Waals surface area (Å²) in [6.07, 6.45) is 6.55. The number of rotatable bonds is 7. The molecule has 0 saturated heterocycles. The third-order valence-electron chi connectivity index (χ3n) is 2.89. The van der Waals surface area contributed by atoms with Crippen LogP contribution in [-0.2, 0) is 0 Å². The van der Waals surface area contributed by atoms with Gasteiger partial charge in [0, 0.05) is 12.0 Å². The number of hydrogen-bond acceptors (Lipinski definition) is 4. The summed E-state index contributed by atoms with van der Waals surface area (Å²) in [5, 5.41) is 10.2. The Morgan fingerprint density at radius 2 is 1.84 bits per heavy atom. The van der Waals surface area contributed by atoms with Crippen molar-refractivity contribution in [3.8, 4) is 29.6 Å². The van der Waals surface area contributed by atoms with E-state index in [9.17, 15) is 5.11 Å². The third-order valence-corrected chi connectivity index (χ3v) is 2.89. The molecule has 1 N–H and O–H groups in total. The first-order chi connectivity index (χ1) is 9.19. The standard InChI is InChI=1S/C15H20O4/c1-5-6-7-8-12(16)11-9-10-13(17-2)15(19-4)14(11)18-3/h1,9-10,12,16H,6-8H2,2-4H3. The summed E-state index contributed by atoms with van der Waals surface area (Å²) >= 11 is 0. The van der Waals surface area contributed by atoms with Crippen LogP contribution in [0.4, 0.5) is 0 Å². The van der Waals surface area contributed by atoms with Crippen LogP contribution >= 0.6 is 0 Å². The van der Waals surface area contributed by atoms with Gasteiger partial charge in [0.2, 0.25) is 5.75 Å². The largest absolute Gasteiger partial charge is 0.493 e. The van der Waals surface area contributed by atoms with Crippen molar-refractivity contribution in [1.29, 1.82) is 0 Å². The zero-order chi connectivity index (χ0) is 14.3. The van der Waals surface area contributed by atoms with Gasteiger partial charge in [0.25, 0.3) is 0 Å². The lowest BCUT2D eigenvalue weighted by molar-refractivity contribution is 0.160. The summed E-state index contributed by atoms with van der Waals surface area (Å²) in [6.45, 7) is 0. The van der Waals surface area contributed by atoms with E-state index in [2.05, 4.69) is 5.92 Å². The van der Waals surface area contributed by atoms with E-state index in [0.29, 0.717) is 35.7 Å². The molecule has 1 rings (SSSR count). The molecular formula is C15H20O4. The Labute approximate surface area is 114 Å². The summed E-state index contributed by atoms with van der Waals surface area (Å²) in [4.78, 5) is 0. The number of unbranched alkanes of at least 4 members (excludes halogenated alkanes) is 1. The van der Waals surface area contributed by atoms with Crippen molar-refractivity contribution in [2.75, 3.05) is 21.3 Å². The predicted molar refractivity (Wildman–Crippen MR) is 73.7 cm³/mol. The molecule has 1 unspecified atom stereocenters. The van der Waals surface area contributed by atoms with Gasteiger partial charge in [-0.25, -0.2) is 0 Å². The molecular weight excluding hydrogens is 244 g/mol. The number of ether oxygens (including phenoxy) is 3. The molecule has 0 saturated carbocycles. The van der Waals surface area contributed by atoms with Crippen LogP contribution in [0.25, 0.3) is 0 Å². The molecule has 0 spiro atoms. The molecule has 0 aliphatic heterocycles. The number of aliphatic hydroxyl groups is 1. The molecule has 19 heavy (non-hydrogen) atoms. The van der Waals surface area contributed by atoms with Crippen LogP contribution in [0, 0.1) is 12.3 Å². The maximum absolute atomic E-state index is 10.2. The minimum atomic E-state index is -0.636. The van der Waals surface area contributed by atoms with E-state index in [1.54, 1.807) is 19.2 Å². The Bertz CT molecular complexity index is 448. The number of aliphatic hydroxyl groups excluding tert-OH is 1. The van der Waals surface area contributed by atoms with Crippen LogP contribution in [0.2, 0.25) is 0 Å². The van der Waals surface area contributed by atoms with E-state index in [1.807, 2.05) is 0 Å². The van der Waals surface area contributed by atoms with Gasteiger partial charge in [0.1, 0.15) is 0 Å². The Morgan fingerprint density at radius 3 is 2.37 bits per heavy atom. The quantitative estimate of drug-likeness (QED) is 0.607. The second-order valence-corrected chi connectivity index (χ2v) is 4.04. The van der Waals surface area contributed by atoms with E-state index < -0.39 is 6.10 Å². The topological polar surface area (TPSA) is 47.9 Å². The second-order valence-electron chi connectivity index (χ2n) is 4.04. The van der Waals surface area contributed by atoms with Crippen LogP contribution in [0.15, 0.2) is 12.1 Å². The maximum Gasteiger partial charge on any atom is 0.203 e. The lowest BCUT2D eigenvalue weighted by atomic mass is 10.0. The third kappa shape index (κ3) is 3.55. The monoisotopic (exact) mass is 264 g/mol. The molecule has 4 nitrogen and oxygen atoms in total. The highest BCUT2D eigenvalue weighted by molar-refractivity contribution is 5.56. The van der Waals surface area contributed by atoms with Gasteiger partial charge in [0.05, 0.1) is 27.4 Å². The van der Waals surface area contributed by atoms with Gasteiger partial charge in [0.15, 0.2) is 11.5 Å². The van der Waals surface area contributed by atoms with Gasteiger partial charge in [-0.3, -0.25) is 0 Å². The Hall–Kier alpha value is -1.86. The normalized spacial score (nSPS) is 11.5. The van der Waals surface area contributed by atoms with Gasteiger partial charge in [-0.05, 0) is 25.0 Å². The molecule has 1 atom stereocenters. The molecule has 0 radical (unpaired) electrons. The molecule has 0 heterocycles. The summed E-state index contributed by atoms with van der Waals surface area (Å²) in [5.41, 5.74) is 0.678. The summed E-state index contributed by atoms with van der Waals surface area (Å²) in [5.74, 6) is 4.11. The highest BCUT2D eigenvalue weighted by Crippen LogP contribution is 2.42. The molecule has 0 aromatic heterocycles. The molecule has 0 bridgehead atoms. The molecule has 1 aromatic carbocycles. The lowest BCUT2D eigenvalue weighted by Gasteiger charge is -2.18. The Kier molecular flexibility index (Phi) is 6.04. The predicted octanol–water partition coefficient (Wildman–Crippen LogP) is 2.55. The van der Waals surface area contributed by atoms with Crippen molar-refractivity contribution < 1.29 is 19.3 Å². The van der Waals surface area contributed by atoms with Gasteiger partial charge in [-0.2, -0.15) is 0 Å². The molecule has 104 valence electrons. The SMILES string of the molecule is C#CCCCC(O)c1ccc(OC)c(OC)c1OC. The van der Waals surface area contributed by atoms with Crippen molar-refractivity contribution in [2.45, 2.75) is 25.4 Å². The molecule has 0 fully saturated rings. The highest BCUT2D eigenvalue weighted by atomic mass is 16.5. The first-order valence-electron chi connectivity index (χ1n) is 6.10. The van der Waals surface area contributed by atoms with Gasteiger partial charge in [-0.1, -0.05) is 0 Å². The summed E-state index contributed by atoms with van der Waals surface area (Å²) in [6, 6.07) is 3.53. The minimum Gasteiger partial charge on any atom is -0.493 e. The maximum atomic E-state index is 10.2. The highest BCUT2D eigenvalue weighted by Gasteiger charge is 2.20. The van der Waals surface area contributed by atoms with Crippen LogP contribution < -0.4 is 14.2 Å². The number of methoxy groups -OCH3 is 3. The van der Waals surface area contributed by atoms with E-state index in [0.717, 1.165) is 6.42 Å². The first-order valence-corrected chi connectivity index (χ1v) is 6.10. The summed E-state index contributed by atoms with van der Waals surface area (Å²) < 4.78 is 15.8. The van der Waals surface area contributed by atoms with E-state index in [-0.39, 0.29) is 0 Å². The van der Waals surface area contributed by atoms with Crippen LogP contribution in [0.1, 0.15) is 30.9 Å². The molecule has 0 aliphatic rings. The van der Waals surface area contributed by atoms with Crippen molar-refractivity contribution in [2.24, 2.45) is 0 Å². The second kappa shape index (κ2) is 7.55. The van der Waals surface area contributed by atoms with Crippen molar-refractivity contribution in [1.82, 2.24) is 0 Å². The van der Waals surface area contributed by atoms with Crippen molar-refractivity contribution >= 4 is 0 Å². The Balaban J connectivity index is 3.03. The van der Waals surface area contributed by atoms with Crippen molar-refractivity contribution in [3.05, 3.63) is 17.7 Å². The van der Waals surface area contributed by atoms with Crippen LogP contribution in [0.3, 0.4) is 0 Å². The van der Waals surface area contributed by atoms with Crippen LogP contribution in [0.5, 0.6) is 17.2 Å². The average molecular weight is 264 g/mol. The summed E-state index contributed by atoms with van der Waals surface area (Å²) in [7, 11) is 4.63. The molecule has 1 aromatic rings. The van der Waals surface area contributed by atoms with E-state index in [4.69, 9.17) is 20.6 Å². The zero-order valence-corrected chi connectivity index (χ0v) is 11.6. The smallest absolute Gasteiger partial charge is 0.203 e. The van der Waals surface area contributed by atoms with E-state index in [1.165, 1.54) is 14.2 Å². The Morgan fingerprint density at radius 1 is 1.16 bits per heavy atom. The lowest BCUT2D eigenvalue weighted by Crippen LogP contribution is -2.03. The number of terminal acetylenes is 1. The average Bonchev–Trinajstić information content (AvgIpc) is 2.45. The van der Waals surface area contributed by atoms with Crippen LogP contribution in [-0.4, -0.2) is 26.4 Å². The fraction of sp³-hybridized carbons (Fsp3) is 0.467. The van der Waals surface area contributed by atoms with Crippen molar-refractivity contribution in [3.63, 3.8) is 0 Å². The minimum absolute atomic E-state index is 0.485.